The average molecular weight is 621 g/mol. The van der Waals surface area contributed by atoms with Crippen molar-refractivity contribution in [1.82, 2.24) is 0 Å². The van der Waals surface area contributed by atoms with E-state index in [1.807, 2.05) is 0 Å². The van der Waals surface area contributed by atoms with Gasteiger partial charge in [-0.25, -0.2) is 0 Å². The van der Waals surface area contributed by atoms with Gasteiger partial charge in [0.25, 0.3) is 0 Å². The van der Waals surface area contributed by atoms with E-state index in [9.17, 15) is 0 Å². The number of nitrogens with zero attached hydrogens (tertiary/aromatic N) is 1. The minimum atomic E-state index is -1.66. The first-order valence-corrected chi connectivity index (χ1v) is 21.9. The molecule has 2 aliphatic rings. The molecule has 0 N–H and O–H groups in total. The van der Waals surface area contributed by atoms with Gasteiger partial charge in [0.15, 0.2) is 0 Å². The van der Waals surface area contributed by atoms with Gasteiger partial charge in [0.2, 0.25) is 0 Å². The van der Waals surface area contributed by atoms with Crippen LogP contribution in [0, 0.1) is 54.8 Å². The van der Waals surface area contributed by atoms with E-state index in [0.717, 1.165) is 52.9 Å². The Kier molecular flexibility index (Phi) is 14.8. The first kappa shape index (κ1) is 32.1. The maximum absolute atomic E-state index is 5.88. The molecule has 0 aromatic carbocycles. The van der Waals surface area contributed by atoms with E-state index in [1.54, 1.807) is 0 Å². The third-order valence-electron chi connectivity index (χ3n) is 8.56. The molecule has 6 heteroatoms. The van der Waals surface area contributed by atoms with Crippen LogP contribution >= 0.6 is 33.0 Å². The Morgan fingerprint density at radius 1 is 0.833 bits per heavy atom. The molecule has 2 aliphatic carbocycles. The van der Waals surface area contributed by atoms with Gasteiger partial charge in [0.1, 0.15) is 0 Å². The van der Waals surface area contributed by atoms with E-state index in [0.29, 0.717) is 10.9 Å². The summed E-state index contributed by atoms with van der Waals surface area (Å²) in [6, 6.07) is 0.580. The molecule has 2 rings (SSSR count). The second-order valence-corrected chi connectivity index (χ2v) is 20.5. The van der Waals surface area contributed by atoms with Crippen LogP contribution < -0.4 is 0 Å². The molecule has 0 saturated heterocycles. The fourth-order valence-corrected chi connectivity index (χ4v) is 12.0. The molecule has 0 bridgehead atoms. The van der Waals surface area contributed by atoms with Crippen molar-refractivity contribution in [2.24, 2.45) is 47.3 Å². The summed E-state index contributed by atoms with van der Waals surface area (Å²) in [5.41, 5.74) is 0.842. The predicted molar refractivity (Wildman–Crippen MR) is 142 cm³/mol. The Morgan fingerprint density at radius 3 is 1.47 bits per heavy atom. The third-order valence-corrected chi connectivity index (χ3v) is 13.0. The van der Waals surface area contributed by atoms with Gasteiger partial charge >= 0.3 is 37.9 Å². The number of alkyl halides is 1. The van der Waals surface area contributed by atoms with Crippen LogP contribution in [0.2, 0.25) is 18.6 Å². The van der Waals surface area contributed by atoms with Crippen LogP contribution in [0.3, 0.4) is 0 Å². The van der Waals surface area contributed by atoms with Gasteiger partial charge in [-0.1, -0.05) is 110 Å². The molecule has 178 valence electrons. The molecule has 30 heavy (non-hydrogen) atoms. The van der Waals surface area contributed by atoms with Crippen molar-refractivity contribution >= 4 is 41.2 Å². The summed E-state index contributed by atoms with van der Waals surface area (Å²) in [5.74, 6) is 6.29. The normalized spacial score (nSPS) is 39.2. The van der Waals surface area contributed by atoms with Gasteiger partial charge in [-0.2, -0.15) is 0 Å². The molecule has 0 radical (unpaired) electrons. The van der Waals surface area contributed by atoms with E-state index < -0.39 is 29.1 Å². The van der Waals surface area contributed by atoms with Gasteiger partial charge in [-0.15, -0.1) is 6.04 Å². The summed E-state index contributed by atoms with van der Waals surface area (Å²) in [4.78, 5) is 6.56. The van der Waals surface area contributed by atoms with Gasteiger partial charge in [0.05, 0.1) is 0 Å². The van der Waals surface area contributed by atoms with Crippen molar-refractivity contribution < 1.29 is 20.8 Å². The van der Waals surface area contributed by atoms with Gasteiger partial charge in [-0.05, 0) is 48.3 Å². The standard InChI is InChI=1S/C23H45BrNSi.CH3.2ClH.Zr/c1-13(2)20-11-19(24)12-21(14(3)4)22(20)25-26(9,10)23-17(7)15(5)16(6)18(23)8;;;;/h13-23H,11-12H2,1-10H3;1H3;2*1H;/q2*-1;;;+4/p-2. The molecular formula is C24H48BrCl2NSiZr. The van der Waals surface area contributed by atoms with E-state index in [2.05, 4.69) is 84.4 Å². The summed E-state index contributed by atoms with van der Waals surface area (Å²) >= 11 is 3.16. The SMILES string of the molecule is CC(C)C1CC(Br)CC(C(C)C)C1[N-][Si](C)(C)C1C(C)C(C)C(C)C1C.[CH3-].[Cl][Zr+2][Cl]. The molecular weight excluding hydrogens is 572 g/mol. The summed E-state index contributed by atoms with van der Waals surface area (Å²) in [5, 5.41) is 0. The zero-order valence-electron chi connectivity index (χ0n) is 21.3. The molecule has 2 fully saturated rings. The predicted octanol–water partition coefficient (Wildman–Crippen LogP) is 9.79. The molecule has 0 spiro atoms. The monoisotopic (exact) mass is 617 g/mol. The molecule has 6 atom stereocenters. The molecule has 0 aromatic rings. The van der Waals surface area contributed by atoms with Crippen LogP contribution in [0.4, 0.5) is 0 Å². The zero-order chi connectivity index (χ0) is 22.7. The second-order valence-electron chi connectivity index (χ2n) is 11.2. The van der Waals surface area contributed by atoms with Crippen molar-refractivity contribution in [3.63, 3.8) is 0 Å². The first-order chi connectivity index (χ1) is 13.3. The van der Waals surface area contributed by atoms with Crippen LogP contribution in [0.15, 0.2) is 0 Å². The zero-order valence-corrected chi connectivity index (χ0v) is 27.9. The van der Waals surface area contributed by atoms with Crippen LogP contribution in [-0.2, 0) is 20.8 Å². The Labute approximate surface area is 217 Å². The van der Waals surface area contributed by atoms with Crippen molar-refractivity contribution in [3.8, 4) is 0 Å². The van der Waals surface area contributed by atoms with Crippen LogP contribution in [0.25, 0.3) is 4.98 Å². The molecule has 0 aliphatic heterocycles. The van der Waals surface area contributed by atoms with Gasteiger partial charge < -0.3 is 12.4 Å². The van der Waals surface area contributed by atoms with Crippen LogP contribution in [0.5, 0.6) is 0 Å². The van der Waals surface area contributed by atoms with E-state index in [4.69, 9.17) is 22.0 Å². The van der Waals surface area contributed by atoms with E-state index in [-0.39, 0.29) is 7.43 Å². The molecule has 6 unspecified atom stereocenters. The Bertz CT molecular complexity index is 462. The first-order valence-electron chi connectivity index (χ1n) is 11.6. The fourth-order valence-electron chi connectivity index (χ4n) is 6.66. The number of halogens is 3. The average Bonchev–Trinajstić information content (AvgIpc) is 2.79. The summed E-state index contributed by atoms with van der Waals surface area (Å²) < 4.78 is 0. The topological polar surface area (TPSA) is 14.1 Å². The molecule has 0 aromatic heterocycles. The van der Waals surface area contributed by atoms with Crippen LogP contribution in [0.1, 0.15) is 68.2 Å². The molecule has 0 heterocycles. The molecule has 1 nitrogen and oxygen atoms in total. The summed E-state index contributed by atoms with van der Waals surface area (Å²) in [6.07, 6.45) is 2.62. The summed E-state index contributed by atoms with van der Waals surface area (Å²) in [6.45, 7) is 24.9. The maximum atomic E-state index is 5.88. The second kappa shape index (κ2) is 13.9. The number of rotatable bonds is 5. The van der Waals surface area contributed by atoms with Crippen molar-refractivity contribution in [3.05, 3.63) is 12.4 Å². The van der Waals surface area contributed by atoms with Crippen molar-refractivity contribution in [2.75, 3.05) is 0 Å². The van der Waals surface area contributed by atoms with Gasteiger partial charge in [0, 0.05) is 4.83 Å². The van der Waals surface area contributed by atoms with E-state index in [1.165, 1.54) is 12.8 Å². The van der Waals surface area contributed by atoms with Crippen LogP contribution in [-0.4, -0.2) is 19.1 Å². The van der Waals surface area contributed by atoms with Crippen molar-refractivity contribution in [1.29, 1.82) is 0 Å². The third kappa shape index (κ3) is 7.83. The molecule has 0 amide bonds. The van der Waals surface area contributed by atoms with E-state index >= 15 is 0 Å². The summed E-state index contributed by atoms with van der Waals surface area (Å²) in [7, 11) is 8.21. The Hall–Kier alpha value is 2.12. The van der Waals surface area contributed by atoms with Gasteiger partial charge in [-0.3, -0.25) is 0 Å². The number of hydrogen-bond donors (Lipinski definition) is 0. The van der Waals surface area contributed by atoms with Crippen molar-refractivity contribution in [2.45, 2.75) is 97.7 Å². The quantitative estimate of drug-likeness (QED) is 0.165. The fraction of sp³-hybridized carbons (Fsp3) is 0.958. The number of hydrogen-bond acceptors (Lipinski definition) is 0. The Morgan fingerprint density at radius 2 is 1.17 bits per heavy atom. The Balaban J connectivity index is 0.00000198. The molecule has 2 saturated carbocycles. The minimum absolute atomic E-state index is 0.